The zero-order valence-electron chi connectivity index (χ0n) is 8.56. The third-order valence-electron chi connectivity index (χ3n) is 2.07. The van der Waals surface area contributed by atoms with E-state index in [4.69, 9.17) is 22.1 Å². The summed E-state index contributed by atoms with van der Waals surface area (Å²) >= 11 is 5.79. The summed E-state index contributed by atoms with van der Waals surface area (Å²) in [4.78, 5) is 3.93. The van der Waals surface area contributed by atoms with E-state index < -0.39 is 0 Å². The molecule has 0 aliphatic carbocycles. The summed E-state index contributed by atoms with van der Waals surface area (Å²) < 4.78 is 5.52. The van der Waals surface area contributed by atoms with Crippen molar-refractivity contribution in [3.63, 3.8) is 0 Å². The van der Waals surface area contributed by atoms with Gasteiger partial charge in [-0.25, -0.2) is 0 Å². The van der Waals surface area contributed by atoms with Gasteiger partial charge in [-0.3, -0.25) is 4.98 Å². The van der Waals surface area contributed by atoms with Crippen LogP contribution >= 0.6 is 11.6 Å². The molecule has 0 unspecified atom stereocenters. The van der Waals surface area contributed by atoms with Crippen LogP contribution in [0.1, 0.15) is 5.56 Å². The third kappa shape index (κ3) is 2.87. The van der Waals surface area contributed by atoms with Gasteiger partial charge >= 0.3 is 0 Å². The second-order valence-corrected chi connectivity index (χ2v) is 3.81. The molecule has 82 valence electrons. The molecule has 0 aliphatic heterocycles. The Balaban J connectivity index is 1.99. The van der Waals surface area contributed by atoms with E-state index in [1.807, 2.05) is 24.3 Å². The smallest absolute Gasteiger partial charge is 0.139 e. The van der Waals surface area contributed by atoms with Crippen molar-refractivity contribution in [2.45, 2.75) is 6.61 Å². The summed E-state index contributed by atoms with van der Waals surface area (Å²) in [6.07, 6.45) is 3.20. The summed E-state index contributed by atoms with van der Waals surface area (Å²) in [6, 6.07) is 9.26. The van der Waals surface area contributed by atoms with Crippen molar-refractivity contribution >= 4 is 17.3 Å². The monoisotopic (exact) mass is 234 g/mol. The van der Waals surface area contributed by atoms with E-state index in [1.54, 1.807) is 18.5 Å². The SMILES string of the molecule is Nc1ccc(COc2cncc(Cl)c2)cc1. The standard InChI is InChI=1S/C12H11ClN2O/c13-10-5-12(7-15-6-10)16-8-9-1-3-11(14)4-2-9/h1-7H,8,14H2. The first kappa shape index (κ1) is 10.8. The number of nitrogen functional groups attached to an aromatic ring is 1. The van der Waals surface area contributed by atoms with Crippen molar-refractivity contribution in [2.75, 3.05) is 5.73 Å². The van der Waals surface area contributed by atoms with Crippen LogP contribution in [-0.2, 0) is 6.61 Å². The van der Waals surface area contributed by atoms with E-state index in [0.717, 1.165) is 11.3 Å². The van der Waals surface area contributed by atoms with Crippen molar-refractivity contribution in [3.05, 3.63) is 53.3 Å². The fraction of sp³-hybridized carbons (Fsp3) is 0.0833. The Morgan fingerprint density at radius 3 is 2.62 bits per heavy atom. The van der Waals surface area contributed by atoms with Gasteiger partial charge in [-0.2, -0.15) is 0 Å². The molecule has 2 aromatic rings. The van der Waals surface area contributed by atoms with E-state index in [0.29, 0.717) is 17.4 Å². The van der Waals surface area contributed by atoms with Gasteiger partial charge in [0, 0.05) is 18.0 Å². The molecule has 0 saturated heterocycles. The average molecular weight is 235 g/mol. The Morgan fingerprint density at radius 2 is 1.94 bits per heavy atom. The van der Waals surface area contributed by atoms with E-state index >= 15 is 0 Å². The van der Waals surface area contributed by atoms with Crippen molar-refractivity contribution in [2.24, 2.45) is 0 Å². The molecular formula is C12H11ClN2O. The molecular weight excluding hydrogens is 224 g/mol. The summed E-state index contributed by atoms with van der Waals surface area (Å²) in [5.41, 5.74) is 7.38. The highest BCUT2D eigenvalue weighted by atomic mass is 35.5. The Hall–Kier alpha value is -1.74. The van der Waals surface area contributed by atoms with Gasteiger partial charge < -0.3 is 10.5 Å². The lowest BCUT2D eigenvalue weighted by Gasteiger charge is -2.06. The number of ether oxygens (including phenoxy) is 1. The van der Waals surface area contributed by atoms with E-state index in [2.05, 4.69) is 4.98 Å². The van der Waals surface area contributed by atoms with E-state index in [-0.39, 0.29) is 0 Å². The predicted octanol–water partition coefficient (Wildman–Crippen LogP) is 2.90. The molecule has 2 N–H and O–H groups in total. The fourth-order valence-electron chi connectivity index (χ4n) is 1.25. The topological polar surface area (TPSA) is 48.1 Å². The Labute approximate surface area is 98.8 Å². The zero-order chi connectivity index (χ0) is 11.4. The third-order valence-corrected chi connectivity index (χ3v) is 2.27. The first-order valence-corrected chi connectivity index (χ1v) is 5.19. The molecule has 0 spiro atoms. The van der Waals surface area contributed by atoms with Gasteiger partial charge in [0.15, 0.2) is 0 Å². The number of hydrogen-bond donors (Lipinski definition) is 1. The molecule has 1 aromatic heterocycles. The first-order chi connectivity index (χ1) is 7.74. The van der Waals surface area contributed by atoms with Crippen LogP contribution in [0.2, 0.25) is 5.02 Å². The van der Waals surface area contributed by atoms with Gasteiger partial charge in [0.05, 0.1) is 11.2 Å². The molecule has 0 atom stereocenters. The number of rotatable bonds is 3. The van der Waals surface area contributed by atoms with Gasteiger partial charge in [-0.05, 0) is 17.7 Å². The maximum atomic E-state index is 5.79. The van der Waals surface area contributed by atoms with Gasteiger partial charge in [0.2, 0.25) is 0 Å². The molecule has 0 amide bonds. The summed E-state index contributed by atoms with van der Waals surface area (Å²) in [5.74, 6) is 0.657. The summed E-state index contributed by atoms with van der Waals surface area (Å²) in [7, 11) is 0. The van der Waals surface area contributed by atoms with Gasteiger partial charge in [-0.1, -0.05) is 23.7 Å². The van der Waals surface area contributed by atoms with Crippen LogP contribution in [0, 0.1) is 0 Å². The molecule has 3 nitrogen and oxygen atoms in total. The Morgan fingerprint density at radius 1 is 1.19 bits per heavy atom. The highest BCUT2D eigenvalue weighted by Crippen LogP contribution is 2.16. The lowest BCUT2D eigenvalue weighted by molar-refractivity contribution is 0.305. The highest BCUT2D eigenvalue weighted by molar-refractivity contribution is 6.30. The number of nitrogens with zero attached hydrogens (tertiary/aromatic N) is 1. The van der Waals surface area contributed by atoms with Crippen molar-refractivity contribution in [3.8, 4) is 5.75 Å². The maximum Gasteiger partial charge on any atom is 0.139 e. The molecule has 4 heteroatoms. The highest BCUT2D eigenvalue weighted by Gasteiger charge is 1.97. The minimum atomic E-state index is 0.475. The van der Waals surface area contributed by atoms with Crippen molar-refractivity contribution in [1.29, 1.82) is 0 Å². The van der Waals surface area contributed by atoms with Crippen LogP contribution in [-0.4, -0.2) is 4.98 Å². The summed E-state index contributed by atoms with van der Waals surface area (Å²) in [5, 5.41) is 0.565. The second-order valence-electron chi connectivity index (χ2n) is 3.37. The number of pyridine rings is 1. The first-order valence-electron chi connectivity index (χ1n) is 4.82. The number of aromatic nitrogens is 1. The van der Waals surface area contributed by atoms with Crippen LogP contribution in [0.3, 0.4) is 0 Å². The molecule has 1 aromatic carbocycles. The molecule has 0 fully saturated rings. The molecule has 1 heterocycles. The molecule has 0 saturated carbocycles. The molecule has 0 bridgehead atoms. The fourth-order valence-corrected chi connectivity index (χ4v) is 1.42. The average Bonchev–Trinajstić information content (AvgIpc) is 2.28. The predicted molar refractivity (Wildman–Crippen MR) is 64.4 cm³/mol. The van der Waals surface area contributed by atoms with Crippen LogP contribution in [0.15, 0.2) is 42.7 Å². The lowest BCUT2D eigenvalue weighted by Crippen LogP contribution is -1.96. The zero-order valence-corrected chi connectivity index (χ0v) is 9.32. The minimum absolute atomic E-state index is 0.475. The Kier molecular flexibility index (Phi) is 3.27. The lowest BCUT2D eigenvalue weighted by atomic mass is 10.2. The number of nitrogens with two attached hydrogens (primary N) is 1. The van der Waals surface area contributed by atoms with Gasteiger partial charge in [-0.15, -0.1) is 0 Å². The second kappa shape index (κ2) is 4.86. The van der Waals surface area contributed by atoms with Crippen molar-refractivity contribution in [1.82, 2.24) is 4.98 Å². The normalized spacial score (nSPS) is 10.1. The minimum Gasteiger partial charge on any atom is -0.487 e. The molecule has 0 radical (unpaired) electrons. The number of anilines is 1. The number of benzene rings is 1. The van der Waals surface area contributed by atoms with Crippen LogP contribution in [0.4, 0.5) is 5.69 Å². The van der Waals surface area contributed by atoms with Gasteiger partial charge in [0.25, 0.3) is 0 Å². The molecule has 0 aliphatic rings. The van der Waals surface area contributed by atoms with Gasteiger partial charge in [0.1, 0.15) is 12.4 Å². The maximum absolute atomic E-state index is 5.79. The van der Waals surface area contributed by atoms with E-state index in [1.165, 1.54) is 0 Å². The van der Waals surface area contributed by atoms with Crippen LogP contribution in [0.5, 0.6) is 5.75 Å². The summed E-state index contributed by atoms with van der Waals surface area (Å²) in [6.45, 7) is 0.475. The molecule has 16 heavy (non-hydrogen) atoms. The quantitative estimate of drug-likeness (QED) is 0.831. The van der Waals surface area contributed by atoms with Crippen LogP contribution in [0.25, 0.3) is 0 Å². The van der Waals surface area contributed by atoms with Crippen LogP contribution < -0.4 is 10.5 Å². The number of halogens is 1. The van der Waals surface area contributed by atoms with Crippen molar-refractivity contribution < 1.29 is 4.74 Å². The number of hydrogen-bond acceptors (Lipinski definition) is 3. The molecule has 2 rings (SSSR count). The Bertz CT molecular complexity index is 471. The van der Waals surface area contributed by atoms with E-state index in [9.17, 15) is 0 Å². The largest absolute Gasteiger partial charge is 0.487 e.